The first-order valence-electron chi connectivity index (χ1n) is 6.96. The highest BCUT2D eigenvalue weighted by Gasteiger charge is 2.16. The van der Waals surface area contributed by atoms with Crippen molar-refractivity contribution in [1.29, 1.82) is 0 Å². The lowest BCUT2D eigenvalue weighted by atomic mass is 9.94. The molecule has 0 saturated heterocycles. The fourth-order valence-corrected chi connectivity index (χ4v) is 2.77. The Morgan fingerprint density at radius 1 is 0.792 bits per heavy atom. The van der Waals surface area contributed by atoms with Crippen molar-refractivity contribution >= 4 is 40.3 Å². The van der Waals surface area contributed by atoms with Gasteiger partial charge >= 0.3 is 0 Å². The molecule has 0 aliphatic rings. The van der Waals surface area contributed by atoms with Crippen molar-refractivity contribution in [2.75, 3.05) is 0 Å². The Hall–Kier alpha value is -2.30. The van der Waals surface area contributed by atoms with Crippen LogP contribution in [0, 0.1) is 0 Å². The molecule has 6 heteroatoms. The monoisotopic (exact) mass is 364 g/mol. The van der Waals surface area contributed by atoms with Crippen molar-refractivity contribution in [2.24, 2.45) is 0 Å². The van der Waals surface area contributed by atoms with Crippen LogP contribution in [0.2, 0.25) is 0 Å². The lowest BCUT2D eigenvalue weighted by molar-refractivity contribution is 0.100. The van der Waals surface area contributed by atoms with E-state index in [9.17, 15) is 19.8 Å². The van der Waals surface area contributed by atoms with Crippen molar-refractivity contribution in [3.8, 4) is 11.5 Å². The third kappa shape index (κ3) is 3.61. The van der Waals surface area contributed by atoms with Crippen molar-refractivity contribution in [3.63, 3.8) is 0 Å². The van der Waals surface area contributed by atoms with E-state index in [-0.39, 0.29) is 38.7 Å². The maximum Gasteiger partial charge on any atom is 0.163 e. The molecule has 4 nitrogen and oxygen atoms in total. The van der Waals surface area contributed by atoms with Gasteiger partial charge in [0.05, 0.1) is 11.1 Å². The molecule has 0 radical (unpaired) electrons. The molecule has 124 valence electrons. The molecule has 0 aromatic heterocycles. The van der Waals surface area contributed by atoms with Crippen LogP contribution in [0.25, 0.3) is 5.57 Å². The van der Waals surface area contributed by atoms with Gasteiger partial charge in [-0.05, 0) is 49.2 Å². The van der Waals surface area contributed by atoms with Gasteiger partial charge in [-0.3, -0.25) is 9.59 Å². The summed E-state index contributed by atoms with van der Waals surface area (Å²) in [5.74, 6) is -0.915. The number of carbonyl (C=O) groups excluding carboxylic acids is 2. The van der Waals surface area contributed by atoms with Crippen molar-refractivity contribution in [3.05, 3.63) is 63.1 Å². The Kier molecular flexibility index (Phi) is 5.32. The minimum atomic E-state index is -0.311. The summed E-state index contributed by atoms with van der Waals surface area (Å²) >= 11 is 12.0. The van der Waals surface area contributed by atoms with Crippen LogP contribution in [-0.4, -0.2) is 21.8 Å². The van der Waals surface area contributed by atoms with Crippen molar-refractivity contribution in [1.82, 2.24) is 0 Å². The topological polar surface area (TPSA) is 74.6 Å². The van der Waals surface area contributed by atoms with Crippen LogP contribution in [0.4, 0.5) is 0 Å². The van der Waals surface area contributed by atoms with Crippen LogP contribution in [0.1, 0.15) is 45.7 Å². The number of ketones is 2. The van der Waals surface area contributed by atoms with Crippen LogP contribution >= 0.6 is 23.2 Å². The van der Waals surface area contributed by atoms with Gasteiger partial charge in [-0.15, -0.1) is 0 Å². The second-order valence-corrected chi connectivity index (χ2v) is 6.16. The molecule has 0 heterocycles. The number of halogens is 2. The SMILES string of the molecule is CC(=O)c1cc(C(=C(Cl)Cl)c2ccc(O)c(C(C)=O)c2)ccc1O. The van der Waals surface area contributed by atoms with Gasteiger partial charge in [0, 0.05) is 5.57 Å². The molecule has 2 rings (SSSR count). The average molecular weight is 365 g/mol. The molecular weight excluding hydrogens is 351 g/mol. The van der Waals surface area contributed by atoms with Gasteiger partial charge in [0.25, 0.3) is 0 Å². The van der Waals surface area contributed by atoms with Gasteiger partial charge < -0.3 is 10.2 Å². The Morgan fingerprint density at radius 2 is 1.17 bits per heavy atom. The minimum Gasteiger partial charge on any atom is -0.507 e. The summed E-state index contributed by atoms with van der Waals surface area (Å²) in [7, 11) is 0. The second-order valence-electron chi connectivity index (χ2n) is 5.21. The summed E-state index contributed by atoms with van der Waals surface area (Å²) in [5.41, 5.74) is 1.63. The summed E-state index contributed by atoms with van der Waals surface area (Å²) < 4.78 is -0.0737. The van der Waals surface area contributed by atoms with Crippen molar-refractivity contribution in [2.45, 2.75) is 13.8 Å². The number of Topliss-reactive ketones (excluding diaryl/α,β-unsaturated/α-hetero) is 2. The molecule has 0 atom stereocenters. The molecular formula is C18H14Cl2O4. The molecule has 2 aromatic carbocycles. The summed E-state index contributed by atoms with van der Waals surface area (Å²) in [5, 5.41) is 19.5. The van der Waals surface area contributed by atoms with E-state index in [1.807, 2.05) is 0 Å². The number of aromatic hydroxyl groups is 2. The van der Waals surface area contributed by atoms with Crippen LogP contribution in [0.5, 0.6) is 11.5 Å². The zero-order valence-corrected chi connectivity index (χ0v) is 14.4. The maximum atomic E-state index is 11.6. The fourth-order valence-electron chi connectivity index (χ4n) is 2.33. The van der Waals surface area contributed by atoms with E-state index in [2.05, 4.69) is 0 Å². The van der Waals surface area contributed by atoms with Gasteiger partial charge in [0.15, 0.2) is 11.6 Å². The Morgan fingerprint density at radius 3 is 1.46 bits per heavy atom. The summed E-state index contributed by atoms with van der Waals surface area (Å²) in [4.78, 5) is 23.2. The van der Waals surface area contributed by atoms with E-state index in [4.69, 9.17) is 23.2 Å². The first-order chi connectivity index (χ1) is 11.2. The number of hydrogen-bond acceptors (Lipinski definition) is 4. The van der Waals surface area contributed by atoms with E-state index >= 15 is 0 Å². The minimum absolute atomic E-state index is 0.0737. The third-order valence-electron chi connectivity index (χ3n) is 3.52. The highest BCUT2D eigenvalue weighted by atomic mass is 35.5. The molecule has 0 aliphatic heterocycles. The van der Waals surface area contributed by atoms with Crippen LogP contribution in [0.15, 0.2) is 40.9 Å². The van der Waals surface area contributed by atoms with E-state index in [1.54, 1.807) is 12.1 Å². The zero-order valence-electron chi connectivity index (χ0n) is 12.9. The normalized spacial score (nSPS) is 10.3. The third-order valence-corrected chi connectivity index (χ3v) is 3.90. The van der Waals surface area contributed by atoms with Gasteiger partial charge in [-0.2, -0.15) is 0 Å². The maximum absolute atomic E-state index is 11.6. The predicted molar refractivity (Wildman–Crippen MR) is 94.0 cm³/mol. The Balaban J connectivity index is 2.67. The lowest BCUT2D eigenvalue weighted by Gasteiger charge is -2.12. The highest BCUT2D eigenvalue weighted by Crippen LogP contribution is 2.35. The van der Waals surface area contributed by atoms with E-state index in [0.29, 0.717) is 16.7 Å². The highest BCUT2D eigenvalue weighted by molar-refractivity contribution is 6.59. The largest absolute Gasteiger partial charge is 0.507 e. The van der Waals surface area contributed by atoms with Gasteiger partial charge in [0.1, 0.15) is 16.0 Å². The van der Waals surface area contributed by atoms with Crippen LogP contribution in [-0.2, 0) is 0 Å². The van der Waals surface area contributed by atoms with E-state index < -0.39 is 0 Å². The first-order valence-corrected chi connectivity index (χ1v) is 7.72. The molecule has 0 fully saturated rings. The van der Waals surface area contributed by atoms with E-state index in [1.165, 1.54) is 38.1 Å². The molecule has 0 aliphatic carbocycles. The average Bonchev–Trinajstić information content (AvgIpc) is 2.49. The Bertz CT molecular complexity index is 800. The number of benzene rings is 2. The number of carbonyl (C=O) groups is 2. The van der Waals surface area contributed by atoms with Crippen LogP contribution < -0.4 is 0 Å². The molecule has 2 N–H and O–H groups in total. The summed E-state index contributed by atoms with van der Waals surface area (Å²) in [6.07, 6.45) is 0. The van der Waals surface area contributed by atoms with Crippen LogP contribution in [0.3, 0.4) is 0 Å². The smallest absolute Gasteiger partial charge is 0.163 e. The first kappa shape index (κ1) is 18.0. The second kappa shape index (κ2) is 7.07. The van der Waals surface area contributed by atoms with Gasteiger partial charge in [-0.25, -0.2) is 0 Å². The molecule has 24 heavy (non-hydrogen) atoms. The molecule has 0 bridgehead atoms. The van der Waals surface area contributed by atoms with Crippen molar-refractivity contribution < 1.29 is 19.8 Å². The van der Waals surface area contributed by atoms with Gasteiger partial charge in [-0.1, -0.05) is 35.3 Å². The standard InChI is InChI=1S/C18H14Cl2O4/c1-9(21)13-7-11(3-5-15(13)23)17(18(19)20)12-4-6-16(24)14(8-12)10(2)22/h3-8,23-24H,1-2H3. The molecule has 2 aromatic rings. The molecule has 0 unspecified atom stereocenters. The number of phenolic OH excluding ortho intramolecular Hbond substituents is 2. The Labute approximate surface area is 149 Å². The molecule has 0 spiro atoms. The zero-order chi connectivity index (χ0) is 18.0. The summed E-state index contributed by atoms with van der Waals surface area (Å²) in [6.45, 7) is 2.66. The quantitative estimate of drug-likeness (QED) is 0.771. The summed E-state index contributed by atoms with van der Waals surface area (Å²) in [6, 6.07) is 8.80. The predicted octanol–water partition coefficient (Wildman–Crippen LogP) is 4.70. The lowest BCUT2D eigenvalue weighted by Crippen LogP contribution is -1.98. The number of phenols is 2. The van der Waals surface area contributed by atoms with Gasteiger partial charge in [0.2, 0.25) is 0 Å². The number of hydrogen-bond donors (Lipinski definition) is 2. The fraction of sp³-hybridized carbons (Fsp3) is 0.111. The van der Waals surface area contributed by atoms with E-state index in [0.717, 1.165) is 0 Å². The molecule has 0 saturated carbocycles. The number of rotatable bonds is 4. The molecule has 0 amide bonds.